The second-order valence-electron chi connectivity index (χ2n) is 4.99. The zero-order valence-corrected chi connectivity index (χ0v) is 12.6. The second-order valence-corrected chi connectivity index (χ2v) is 6.89. The molecule has 0 unspecified atom stereocenters. The molecule has 0 aliphatic carbocycles. The minimum absolute atomic E-state index is 0.0922. The van der Waals surface area contributed by atoms with Gasteiger partial charge in [-0.3, -0.25) is 4.79 Å². The van der Waals surface area contributed by atoms with Crippen LogP contribution in [0.2, 0.25) is 0 Å². The van der Waals surface area contributed by atoms with E-state index in [1.165, 1.54) is 0 Å². The number of nitrogens with zero attached hydrogens (tertiary/aromatic N) is 1. The number of sulfonamides is 1. The average Bonchev–Trinajstić information content (AvgIpc) is 2.48. The van der Waals surface area contributed by atoms with Crippen molar-refractivity contribution in [1.82, 2.24) is 4.31 Å². The van der Waals surface area contributed by atoms with E-state index >= 15 is 0 Å². The SMILES string of the molecule is O=C(O)C1CCN(S(=O)(=O)c2cc(F)ccc2OC(F)F)CC1. The van der Waals surface area contributed by atoms with Crippen LogP contribution in [0.15, 0.2) is 23.1 Å². The summed E-state index contributed by atoms with van der Waals surface area (Å²) in [4.78, 5) is 10.2. The van der Waals surface area contributed by atoms with Crippen molar-refractivity contribution in [1.29, 1.82) is 0 Å². The lowest BCUT2D eigenvalue weighted by molar-refractivity contribution is -0.142. The zero-order valence-electron chi connectivity index (χ0n) is 11.8. The van der Waals surface area contributed by atoms with E-state index in [-0.39, 0.29) is 25.9 Å². The molecule has 2 rings (SSSR count). The van der Waals surface area contributed by atoms with Crippen molar-refractivity contribution in [3.05, 3.63) is 24.0 Å². The van der Waals surface area contributed by atoms with Crippen LogP contribution in [0.1, 0.15) is 12.8 Å². The minimum atomic E-state index is -4.27. The molecule has 0 bridgehead atoms. The lowest BCUT2D eigenvalue weighted by Gasteiger charge is -2.29. The number of halogens is 3. The van der Waals surface area contributed by atoms with Gasteiger partial charge >= 0.3 is 12.6 Å². The molecule has 1 fully saturated rings. The van der Waals surface area contributed by atoms with Crippen molar-refractivity contribution < 1.29 is 36.2 Å². The first-order valence-corrected chi connectivity index (χ1v) is 8.13. The molecule has 0 radical (unpaired) electrons. The van der Waals surface area contributed by atoms with Gasteiger partial charge in [0.05, 0.1) is 5.92 Å². The van der Waals surface area contributed by atoms with Gasteiger partial charge < -0.3 is 9.84 Å². The Bertz CT molecular complexity index is 687. The molecular weight excluding hydrogens is 339 g/mol. The molecule has 1 N–H and O–H groups in total. The number of carbonyl (C=O) groups is 1. The molecule has 23 heavy (non-hydrogen) atoms. The maximum Gasteiger partial charge on any atom is 0.387 e. The molecule has 0 spiro atoms. The average molecular weight is 353 g/mol. The van der Waals surface area contributed by atoms with Crippen molar-refractivity contribution in [3.63, 3.8) is 0 Å². The topological polar surface area (TPSA) is 83.9 Å². The third-order valence-electron chi connectivity index (χ3n) is 3.54. The molecule has 1 aromatic rings. The van der Waals surface area contributed by atoms with Gasteiger partial charge in [-0.05, 0) is 31.0 Å². The number of hydrogen-bond donors (Lipinski definition) is 1. The van der Waals surface area contributed by atoms with Crippen LogP contribution in [0.4, 0.5) is 13.2 Å². The molecule has 10 heteroatoms. The first kappa shape index (κ1) is 17.5. The second kappa shape index (κ2) is 6.75. The molecule has 0 amide bonds. The fraction of sp³-hybridized carbons (Fsp3) is 0.462. The molecule has 1 aromatic carbocycles. The highest BCUT2D eigenvalue weighted by Crippen LogP contribution is 2.31. The van der Waals surface area contributed by atoms with Crippen LogP contribution in [0, 0.1) is 11.7 Å². The van der Waals surface area contributed by atoms with Gasteiger partial charge in [0.2, 0.25) is 10.0 Å². The summed E-state index contributed by atoms with van der Waals surface area (Å²) in [6, 6.07) is 2.24. The van der Waals surface area contributed by atoms with E-state index in [2.05, 4.69) is 4.74 Å². The number of alkyl halides is 2. The highest BCUT2D eigenvalue weighted by Gasteiger charge is 2.34. The Balaban J connectivity index is 2.29. The van der Waals surface area contributed by atoms with Gasteiger partial charge in [0.25, 0.3) is 0 Å². The first-order chi connectivity index (χ1) is 10.7. The quantitative estimate of drug-likeness (QED) is 0.874. The Kier molecular flexibility index (Phi) is 5.15. The molecule has 1 heterocycles. The van der Waals surface area contributed by atoms with Gasteiger partial charge in [0.15, 0.2) is 0 Å². The van der Waals surface area contributed by atoms with Crippen LogP contribution in [-0.4, -0.2) is 43.5 Å². The number of aliphatic carboxylic acids is 1. The lowest BCUT2D eigenvalue weighted by atomic mass is 9.99. The minimum Gasteiger partial charge on any atom is -0.481 e. The molecule has 1 saturated heterocycles. The van der Waals surface area contributed by atoms with Crippen LogP contribution in [-0.2, 0) is 14.8 Å². The van der Waals surface area contributed by atoms with Crippen LogP contribution in [0.3, 0.4) is 0 Å². The fourth-order valence-electron chi connectivity index (χ4n) is 2.36. The number of piperidine rings is 1. The van der Waals surface area contributed by atoms with Crippen molar-refractivity contribution in [2.75, 3.05) is 13.1 Å². The van der Waals surface area contributed by atoms with Crippen LogP contribution in [0.5, 0.6) is 5.75 Å². The van der Waals surface area contributed by atoms with Gasteiger partial charge in [0, 0.05) is 13.1 Å². The highest BCUT2D eigenvalue weighted by atomic mass is 32.2. The number of hydrogen-bond acceptors (Lipinski definition) is 4. The Morgan fingerprint density at radius 1 is 1.30 bits per heavy atom. The summed E-state index contributed by atoms with van der Waals surface area (Å²) >= 11 is 0. The summed E-state index contributed by atoms with van der Waals surface area (Å²) in [5.41, 5.74) is 0. The van der Waals surface area contributed by atoms with Gasteiger partial charge in [-0.1, -0.05) is 0 Å². The number of carboxylic acid groups (broad SMARTS) is 1. The molecule has 0 saturated carbocycles. The molecular formula is C13H14F3NO5S. The number of ether oxygens (including phenoxy) is 1. The Morgan fingerprint density at radius 3 is 2.43 bits per heavy atom. The van der Waals surface area contributed by atoms with Crippen LogP contribution in [0.25, 0.3) is 0 Å². The maximum absolute atomic E-state index is 13.3. The number of benzene rings is 1. The van der Waals surface area contributed by atoms with Gasteiger partial charge in [-0.15, -0.1) is 0 Å². The van der Waals surface area contributed by atoms with E-state index in [0.717, 1.165) is 16.4 Å². The summed E-state index contributed by atoms with van der Waals surface area (Å²) in [5, 5.41) is 8.90. The number of carboxylic acids is 1. The van der Waals surface area contributed by atoms with E-state index < -0.39 is 45.0 Å². The van der Waals surface area contributed by atoms with E-state index in [9.17, 15) is 26.4 Å². The Labute approximate surface area is 130 Å². The van der Waals surface area contributed by atoms with Crippen LogP contribution < -0.4 is 4.74 Å². The lowest BCUT2D eigenvalue weighted by Crippen LogP contribution is -2.40. The van der Waals surface area contributed by atoms with Gasteiger partial charge in [-0.25, -0.2) is 12.8 Å². The summed E-state index contributed by atoms with van der Waals surface area (Å²) in [6.07, 6.45) is 0.184. The van der Waals surface area contributed by atoms with E-state index in [0.29, 0.717) is 6.07 Å². The Morgan fingerprint density at radius 2 is 1.91 bits per heavy atom. The molecule has 1 aliphatic rings. The summed E-state index contributed by atoms with van der Waals surface area (Å²) in [6.45, 7) is -3.44. The Hall–Kier alpha value is -1.81. The van der Waals surface area contributed by atoms with E-state index in [1.807, 2.05) is 0 Å². The maximum atomic E-state index is 13.3. The van der Waals surface area contributed by atoms with Crippen molar-refractivity contribution in [2.45, 2.75) is 24.3 Å². The van der Waals surface area contributed by atoms with Crippen molar-refractivity contribution in [2.24, 2.45) is 5.92 Å². The zero-order chi connectivity index (χ0) is 17.2. The highest BCUT2D eigenvalue weighted by molar-refractivity contribution is 7.89. The summed E-state index contributed by atoms with van der Waals surface area (Å²) < 4.78 is 68.2. The van der Waals surface area contributed by atoms with Gasteiger partial charge in [0.1, 0.15) is 16.5 Å². The standard InChI is InChI=1S/C13H14F3NO5S/c14-9-1-2-10(22-13(15)16)11(7-9)23(20,21)17-5-3-8(4-6-17)12(18)19/h1-2,7-8,13H,3-6H2,(H,18,19). The third kappa shape index (κ3) is 3.94. The molecule has 0 atom stereocenters. The summed E-state index contributed by atoms with van der Waals surface area (Å²) in [7, 11) is -4.27. The fourth-order valence-corrected chi connectivity index (χ4v) is 3.96. The summed E-state index contributed by atoms with van der Waals surface area (Å²) in [5.74, 6) is -3.24. The predicted molar refractivity (Wildman–Crippen MR) is 72.2 cm³/mol. The monoisotopic (exact) mass is 353 g/mol. The smallest absolute Gasteiger partial charge is 0.387 e. The van der Waals surface area contributed by atoms with Crippen molar-refractivity contribution >= 4 is 16.0 Å². The normalized spacial score (nSPS) is 17.4. The number of rotatable bonds is 5. The van der Waals surface area contributed by atoms with Gasteiger partial charge in [-0.2, -0.15) is 13.1 Å². The largest absolute Gasteiger partial charge is 0.481 e. The van der Waals surface area contributed by atoms with E-state index in [1.54, 1.807) is 0 Å². The van der Waals surface area contributed by atoms with Crippen molar-refractivity contribution in [3.8, 4) is 5.75 Å². The molecule has 128 valence electrons. The predicted octanol–water partition coefficient (Wildman–Crippen LogP) is 1.91. The van der Waals surface area contributed by atoms with E-state index in [4.69, 9.17) is 5.11 Å². The van der Waals surface area contributed by atoms with Crippen LogP contribution >= 0.6 is 0 Å². The molecule has 1 aliphatic heterocycles. The molecule has 0 aromatic heterocycles. The first-order valence-electron chi connectivity index (χ1n) is 6.69. The molecule has 6 nitrogen and oxygen atoms in total. The third-order valence-corrected chi connectivity index (χ3v) is 5.46.